The monoisotopic (exact) mass is 695 g/mol. The number of hydrogen-bond donors (Lipinski definition) is 1. The lowest BCUT2D eigenvalue weighted by Crippen LogP contribution is -2.53. The average Bonchev–Trinajstić information content (AvgIpc) is 3.12. The van der Waals surface area contributed by atoms with Crippen molar-refractivity contribution in [3.63, 3.8) is 0 Å². The van der Waals surface area contributed by atoms with Gasteiger partial charge in [0, 0.05) is 37.2 Å². The predicted molar refractivity (Wildman–Crippen MR) is 184 cm³/mol. The summed E-state index contributed by atoms with van der Waals surface area (Å²) in [5.41, 5.74) is 1.54. The molecule has 13 heteroatoms. The fourth-order valence-corrected chi connectivity index (χ4v) is 6.67. The molecule has 4 aromatic rings. The van der Waals surface area contributed by atoms with E-state index in [9.17, 15) is 18.0 Å². The zero-order chi connectivity index (χ0) is 34.8. The maximum Gasteiger partial charge on any atom is 0.265 e. The average molecular weight is 696 g/mol. The highest BCUT2D eigenvalue weighted by Gasteiger charge is 2.36. The quantitative estimate of drug-likeness (QED) is 0.185. The largest absolute Gasteiger partial charge is 0.497 e. The standard InChI is InChI=1S/C35H38ClN3O8S/c1-37-35(41)30(19-24-9-7-6-8-10-24)38(22-25-11-13-26(36)14-12-25)34(40)23-39(29-20-27(44-2)15-17-31(29)45-3)48(42,43)28-16-18-32(46-4)33(21-28)47-5/h6-18,20-21,30H,19,22-23H2,1-5H3,(H,37,41)/t30-/m1/s1. The zero-order valence-corrected chi connectivity index (χ0v) is 28.9. The third-order valence-corrected chi connectivity index (χ3v) is 9.67. The summed E-state index contributed by atoms with van der Waals surface area (Å²) in [6.07, 6.45) is 0.171. The summed E-state index contributed by atoms with van der Waals surface area (Å²) in [6, 6.07) is 23.9. The van der Waals surface area contributed by atoms with E-state index in [1.54, 1.807) is 36.4 Å². The Kier molecular flexibility index (Phi) is 12.2. The van der Waals surface area contributed by atoms with Crippen molar-refractivity contribution in [1.29, 1.82) is 0 Å². The van der Waals surface area contributed by atoms with Gasteiger partial charge in [-0.3, -0.25) is 13.9 Å². The van der Waals surface area contributed by atoms with Crippen LogP contribution < -0.4 is 28.6 Å². The molecule has 0 aliphatic rings. The van der Waals surface area contributed by atoms with E-state index in [2.05, 4.69) is 5.32 Å². The van der Waals surface area contributed by atoms with Crippen molar-refractivity contribution in [2.75, 3.05) is 46.3 Å². The Morgan fingerprint density at radius 3 is 2.02 bits per heavy atom. The molecule has 0 heterocycles. The van der Waals surface area contributed by atoms with Crippen molar-refractivity contribution in [2.45, 2.75) is 23.9 Å². The summed E-state index contributed by atoms with van der Waals surface area (Å²) >= 11 is 6.14. The van der Waals surface area contributed by atoms with Crippen LogP contribution in [0.3, 0.4) is 0 Å². The van der Waals surface area contributed by atoms with Crippen LogP contribution in [0.25, 0.3) is 0 Å². The van der Waals surface area contributed by atoms with Gasteiger partial charge in [0.15, 0.2) is 11.5 Å². The molecule has 0 aromatic heterocycles. The van der Waals surface area contributed by atoms with Crippen molar-refractivity contribution in [3.8, 4) is 23.0 Å². The number of ether oxygens (including phenoxy) is 4. The number of benzene rings is 4. The van der Waals surface area contributed by atoms with E-state index < -0.39 is 34.4 Å². The van der Waals surface area contributed by atoms with Crippen molar-refractivity contribution in [3.05, 3.63) is 107 Å². The van der Waals surface area contributed by atoms with Crippen LogP contribution in [0.15, 0.2) is 95.9 Å². The highest BCUT2D eigenvalue weighted by Crippen LogP contribution is 2.38. The minimum absolute atomic E-state index is 0.0135. The van der Waals surface area contributed by atoms with Crippen LogP contribution in [-0.4, -0.2) is 73.2 Å². The van der Waals surface area contributed by atoms with Crippen molar-refractivity contribution in [1.82, 2.24) is 10.2 Å². The van der Waals surface area contributed by atoms with Crippen LogP contribution in [-0.2, 0) is 32.6 Å². The molecule has 0 bridgehead atoms. The molecule has 11 nitrogen and oxygen atoms in total. The minimum Gasteiger partial charge on any atom is -0.497 e. The van der Waals surface area contributed by atoms with E-state index in [1.807, 2.05) is 30.3 Å². The van der Waals surface area contributed by atoms with Gasteiger partial charge in [-0.05, 0) is 47.5 Å². The molecule has 0 unspecified atom stereocenters. The highest BCUT2D eigenvalue weighted by molar-refractivity contribution is 7.92. The number of hydrogen-bond acceptors (Lipinski definition) is 8. The Balaban J connectivity index is 1.88. The van der Waals surface area contributed by atoms with Gasteiger partial charge in [0.25, 0.3) is 10.0 Å². The molecule has 4 rings (SSSR count). The molecule has 48 heavy (non-hydrogen) atoms. The lowest BCUT2D eigenvalue weighted by molar-refractivity contribution is -0.139. The van der Waals surface area contributed by atoms with E-state index in [1.165, 1.54) is 64.7 Å². The van der Waals surface area contributed by atoms with Crippen LogP contribution in [0.1, 0.15) is 11.1 Å². The van der Waals surface area contributed by atoms with E-state index in [0.29, 0.717) is 22.1 Å². The Labute approximate surface area is 286 Å². The molecule has 0 saturated heterocycles. The second-order valence-electron chi connectivity index (χ2n) is 10.5. The second-order valence-corrected chi connectivity index (χ2v) is 12.8. The summed E-state index contributed by atoms with van der Waals surface area (Å²) in [6.45, 7) is -0.712. The molecule has 254 valence electrons. The van der Waals surface area contributed by atoms with E-state index in [-0.39, 0.29) is 35.0 Å². The van der Waals surface area contributed by atoms with Gasteiger partial charge in [0.2, 0.25) is 11.8 Å². The summed E-state index contributed by atoms with van der Waals surface area (Å²) < 4.78 is 51.7. The topological polar surface area (TPSA) is 124 Å². The van der Waals surface area contributed by atoms with Crippen LogP contribution in [0.5, 0.6) is 23.0 Å². The molecule has 0 spiro atoms. The number of carbonyl (C=O) groups excluding carboxylic acids is 2. The van der Waals surface area contributed by atoms with Gasteiger partial charge in [-0.25, -0.2) is 8.42 Å². The molecular formula is C35H38ClN3O8S. The highest BCUT2D eigenvalue weighted by atomic mass is 35.5. The van der Waals surface area contributed by atoms with E-state index in [0.717, 1.165) is 9.87 Å². The third kappa shape index (κ3) is 8.31. The first-order valence-corrected chi connectivity index (χ1v) is 16.6. The van der Waals surface area contributed by atoms with Gasteiger partial charge in [-0.1, -0.05) is 54.1 Å². The van der Waals surface area contributed by atoms with Gasteiger partial charge < -0.3 is 29.2 Å². The molecular weight excluding hydrogens is 658 g/mol. The molecule has 0 saturated carbocycles. The second kappa shape index (κ2) is 16.2. The number of methoxy groups -OCH3 is 4. The zero-order valence-electron chi connectivity index (χ0n) is 27.3. The number of likely N-dealkylation sites (N-methyl/N-ethyl adjacent to an activating group) is 1. The molecule has 1 atom stereocenters. The molecule has 0 fully saturated rings. The molecule has 0 aliphatic carbocycles. The fraction of sp³-hybridized carbons (Fsp3) is 0.257. The number of rotatable bonds is 15. The summed E-state index contributed by atoms with van der Waals surface area (Å²) in [5, 5.41) is 3.17. The summed E-state index contributed by atoms with van der Waals surface area (Å²) in [4.78, 5) is 29.3. The Morgan fingerprint density at radius 1 is 0.771 bits per heavy atom. The van der Waals surface area contributed by atoms with Crippen molar-refractivity contribution in [2.24, 2.45) is 0 Å². The van der Waals surface area contributed by atoms with E-state index in [4.69, 9.17) is 30.5 Å². The van der Waals surface area contributed by atoms with Gasteiger partial charge in [0.05, 0.1) is 39.0 Å². The summed E-state index contributed by atoms with van der Waals surface area (Å²) in [5.74, 6) is -0.0751. The smallest absolute Gasteiger partial charge is 0.265 e. The normalized spacial score (nSPS) is 11.6. The lowest BCUT2D eigenvalue weighted by atomic mass is 10.0. The first-order chi connectivity index (χ1) is 23.1. The van der Waals surface area contributed by atoms with Crippen LogP contribution in [0, 0.1) is 0 Å². The maximum atomic E-state index is 14.6. The third-order valence-electron chi connectivity index (χ3n) is 7.66. The first-order valence-electron chi connectivity index (χ1n) is 14.8. The van der Waals surface area contributed by atoms with Gasteiger partial charge in [-0.15, -0.1) is 0 Å². The number of nitrogens with zero attached hydrogens (tertiary/aromatic N) is 2. The Bertz CT molecular complexity index is 1820. The number of anilines is 1. The SMILES string of the molecule is CNC(=O)[C@@H](Cc1ccccc1)N(Cc1ccc(Cl)cc1)C(=O)CN(c1cc(OC)ccc1OC)S(=O)(=O)c1ccc(OC)c(OC)c1. The molecule has 2 amide bonds. The number of carbonyl (C=O) groups is 2. The number of sulfonamides is 1. The molecule has 0 aliphatic heterocycles. The molecule has 4 aromatic carbocycles. The molecule has 1 N–H and O–H groups in total. The van der Waals surface area contributed by atoms with Crippen LogP contribution >= 0.6 is 11.6 Å². The van der Waals surface area contributed by atoms with Crippen LogP contribution in [0.2, 0.25) is 5.02 Å². The maximum absolute atomic E-state index is 14.6. The van der Waals surface area contributed by atoms with Gasteiger partial charge >= 0.3 is 0 Å². The number of amides is 2. The fourth-order valence-electron chi connectivity index (χ4n) is 5.12. The summed E-state index contributed by atoms with van der Waals surface area (Å²) in [7, 11) is 2.65. The predicted octanol–water partition coefficient (Wildman–Crippen LogP) is 4.96. The Hall–Kier alpha value is -4.94. The van der Waals surface area contributed by atoms with Gasteiger partial charge in [-0.2, -0.15) is 0 Å². The Morgan fingerprint density at radius 2 is 1.42 bits per heavy atom. The van der Waals surface area contributed by atoms with E-state index >= 15 is 0 Å². The minimum atomic E-state index is -4.49. The molecule has 0 radical (unpaired) electrons. The first kappa shape index (κ1) is 35.9. The number of nitrogens with one attached hydrogen (secondary N) is 1. The number of halogens is 1. The van der Waals surface area contributed by atoms with Gasteiger partial charge in [0.1, 0.15) is 24.1 Å². The van der Waals surface area contributed by atoms with Crippen LogP contribution in [0.4, 0.5) is 5.69 Å². The van der Waals surface area contributed by atoms with Crippen molar-refractivity contribution >= 4 is 39.1 Å². The van der Waals surface area contributed by atoms with Crippen molar-refractivity contribution < 1.29 is 37.0 Å². The lowest BCUT2D eigenvalue weighted by Gasteiger charge is -2.34.